The van der Waals surface area contributed by atoms with Gasteiger partial charge in [-0.2, -0.15) is 4.31 Å². The lowest BCUT2D eigenvalue weighted by Gasteiger charge is -2.30. The summed E-state index contributed by atoms with van der Waals surface area (Å²) in [6, 6.07) is 2.95. The Morgan fingerprint density at radius 3 is 2.44 bits per heavy atom. The number of amides is 2. The topological polar surface area (TPSA) is 96.0 Å². The number of halogens is 1. The van der Waals surface area contributed by atoms with Crippen molar-refractivity contribution in [1.29, 1.82) is 0 Å². The van der Waals surface area contributed by atoms with Gasteiger partial charge in [0.15, 0.2) is 0 Å². The molecule has 3 fully saturated rings. The quantitative estimate of drug-likeness (QED) is 0.717. The van der Waals surface area contributed by atoms with E-state index in [-0.39, 0.29) is 49.7 Å². The molecule has 32 heavy (non-hydrogen) atoms. The fraction of sp³-hybridized carbons (Fsp3) is 0.636. The van der Waals surface area contributed by atoms with Crippen LogP contribution in [-0.2, 0) is 24.3 Å². The van der Waals surface area contributed by atoms with Gasteiger partial charge in [0.2, 0.25) is 21.8 Å². The Labute approximate surface area is 188 Å². The number of ether oxygens (including phenoxy) is 1. The molecule has 1 saturated carbocycles. The number of morpholine rings is 1. The second kappa shape index (κ2) is 9.84. The molecule has 1 unspecified atom stereocenters. The van der Waals surface area contributed by atoms with Crippen LogP contribution < -0.4 is 5.32 Å². The number of carbonyl (C=O) groups is 2. The minimum absolute atomic E-state index is 0.0201. The Hall–Kier alpha value is -2.04. The highest BCUT2D eigenvalue weighted by molar-refractivity contribution is 7.89. The van der Waals surface area contributed by atoms with Crippen LogP contribution in [0.5, 0.6) is 0 Å². The van der Waals surface area contributed by atoms with Crippen LogP contribution in [0.4, 0.5) is 10.1 Å². The van der Waals surface area contributed by atoms with Gasteiger partial charge < -0.3 is 15.0 Å². The minimum Gasteiger partial charge on any atom is -0.379 e. The lowest BCUT2D eigenvalue weighted by Crippen LogP contribution is -2.46. The average Bonchev–Trinajstić information content (AvgIpc) is 3.31. The summed E-state index contributed by atoms with van der Waals surface area (Å²) in [6.45, 7) is 1.36. The predicted octanol–water partition coefficient (Wildman–Crippen LogP) is 2.36. The SMILES string of the molecule is O=C(Nc1ccc(F)c(S(=O)(=O)N2CCOCC2)c1)C1CCCN1C(=O)C1CCCCC1. The molecule has 176 valence electrons. The summed E-state index contributed by atoms with van der Waals surface area (Å²) in [6.07, 6.45) is 6.26. The summed E-state index contributed by atoms with van der Waals surface area (Å²) < 4.78 is 46.6. The van der Waals surface area contributed by atoms with Gasteiger partial charge in [0, 0.05) is 31.2 Å². The molecule has 0 aromatic heterocycles. The summed E-state index contributed by atoms with van der Waals surface area (Å²) in [4.78, 5) is 27.2. The Kier molecular flexibility index (Phi) is 7.11. The van der Waals surface area contributed by atoms with E-state index in [1.807, 2.05) is 0 Å². The van der Waals surface area contributed by atoms with Gasteiger partial charge in [-0.3, -0.25) is 9.59 Å². The van der Waals surface area contributed by atoms with Crippen LogP contribution in [0, 0.1) is 11.7 Å². The average molecular weight is 468 g/mol. The highest BCUT2D eigenvalue weighted by Gasteiger charge is 2.37. The summed E-state index contributed by atoms with van der Waals surface area (Å²) in [7, 11) is -4.05. The zero-order valence-electron chi connectivity index (χ0n) is 18.1. The molecule has 8 nitrogen and oxygen atoms in total. The van der Waals surface area contributed by atoms with Crippen LogP contribution in [0.3, 0.4) is 0 Å². The molecule has 2 saturated heterocycles. The van der Waals surface area contributed by atoms with E-state index in [0.29, 0.717) is 13.0 Å². The molecular weight excluding hydrogens is 437 g/mol. The molecule has 10 heteroatoms. The van der Waals surface area contributed by atoms with Crippen molar-refractivity contribution < 1.29 is 27.1 Å². The van der Waals surface area contributed by atoms with Crippen LogP contribution in [0.1, 0.15) is 44.9 Å². The van der Waals surface area contributed by atoms with E-state index in [2.05, 4.69) is 5.32 Å². The van der Waals surface area contributed by atoms with Crippen molar-refractivity contribution in [3.05, 3.63) is 24.0 Å². The van der Waals surface area contributed by atoms with Gasteiger partial charge in [0.05, 0.1) is 13.2 Å². The molecule has 1 aromatic rings. The first kappa shape index (κ1) is 23.1. The van der Waals surface area contributed by atoms with Crippen LogP contribution in [-0.4, -0.2) is 68.3 Å². The van der Waals surface area contributed by atoms with E-state index < -0.39 is 26.8 Å². The standard InChI is InChI=1S/C22H30FN3O5S/c23-18-9-8-17(15-20(18)32(29,30)25-11-13-31-14-12-25)24-21(27)19-7-4-10-26(19)22(28)16-5-2-1-3-6-16/h8-9,15-16,19H,1-7,10-14H2,(H,24,27). The van der Waals surface area contributed by atoms with Gasteiger partial charge in [-0.05, 0) is 43.9 Å². The van der Waals surface area contributed by atoms with E-state index >= 15 is 0 Å². The molecular formula is C22H30FN3O5S. The second-order valence-corrected chi connectivity index (χ2v) is 10.6. The van der Waals surface area contributed by atoms with Crippen molar-refractivity contribution >= 4 is 27.5 Å². The first-order chi connectivity index (χ1) is 15.4. The van der Waals surface area contributed by atoms with Crippen LogP contribution in [0.2, 0.25) is 0 Å². The van der Waals surface area contributed by atoms with E-state index in [4.69, 9.17) is 4.74 Å². The van der Waals surface area contributed by atoms with Crippen molar-refractivity contribution in [2.75, 3.05) is 38.2 Å². The fourth-order valence-electron chi connectivity index (χ4n) is 4.82. The number of rotatable bonds is 5. The number of nitrogens with one attached hydrogen (secondary N) is 1. The Morgan fingerprint density at radius 1 is 1.00 bits per heavy atom. The van der Waals surface area contributed by atoms with Gasteiger partial charge >= 0.3 is 0 Å². The fourth-order valence-corrected chi connectivity index (χ4v) is 6.32. The first-order valence-corrected chi connectivity index (χ1v) is 12.8. The first-order valence-electron chi connectivity index (χ1n) is 11.4. The van der Waals surface area contributed by atoms with E-state index in [1.54, 1.807) is 4.90 Å². The maximum Gasteiger partial charge on any atom is 0.247 e. The number of likely N-dealkylation sites (tertiary alicyclic amines) is 1. The molecule has 0 bridgehead atoms. The number of carbonyl (C=O) groups excluding carboxylic acids is 2. The Bertz CT molecular complexity index is 958. The van der Waals surface area contributed by atoms with Crippen LogP contribution in [0.25, 0.3) is 0 Å². The molecule has 1 aromatic carbocycles. The van der Waals surface area contributed by atoms with Gasteiger partial charge in [-0.25, -0.2) is 12.8 Å². The molecule has 2 amide bonds. The highest BCUT2D eigenvalue weighted by Crippen LogP contribution is 2.30. The third-order valence-corrected chi connectivity index (χ3v) is 8.49. The number of hydrogen-bond acceptors (Lipinski definition) is 5. The van der Waals surface area contributed by atoms with Crippen LogP contribution in [0.15, 0.2) is 23.1 Å². The summed E-state index contributed by atoms with van der Waals surface area (Å²) in [5.74, 6) is -1.22. The van der Waals surface area contributed by atoms with Crippen molar-refractivity contribution in [1.82, 2.24) is 9.21 Å². The molecule has 1 atom stereocenters. The van der Waals surface area contributed by atoms with Crippen molar-refractivity contribution in [3.8, 4) is 0 Å². The molecule has 2 heterocycles. The minimum atomic E-state index is -4.05. The van der Waals surface area contributed by atoms with Gasteiger partial charge in [0.25, 0.3) is 0 Å². The highest BCUT2D eigenvalue weighted by atomic mass is 32.2. The largest absolute Gasteiger partial charge is 0.379 e. The number of benzene rings is 1. The van der Waals surface area contributed by atoms with E-state index in [1.165, 1.54) is 10.4 Å². The number of hydrogen-bond donors (Lipinski definition) is 1. The Balaban J connectivity index is 1.48. The number of nitrogens with zero attached hydrogens (tertiary/aromatic N) is 2. The molecule has 3 aliphatic rings. The second-order valence-electron chi connectivity index (χ2n) is 8.68. The summed E-state index contributed by atoms with van der Waals surface area (Å²) in [5.41, 5.74) is 0.195. The third kappa shape index (κ3) is 4.82. The van der Waals surface area contributed by atoms with E-state index in [0.717, 1.165) is 50.7 Å². The van der Waals surface area contributed by atoms with Crippen LogP contribution >= 0.6 is 0 Å². The summed E-state index contributed by atoms with van der Waals surface area (Å²) in [5, 5.41) is 2.71. The maximum atomic E-state index is 14.4. The smallest absolute Gasteiger partial charge is 0.247 e. The van der Waals surface area contributed by atoms with Crippen molar-refractivity contribution in [2.45, 2.75) is 55.9 Å². The van der Waals surface area contributed by atoms with E-state index in [9.17, 15) is 22.4 Å². The number of anilines is 1. The zero-order valence-corrected chi connectivity index (χ0v) is 18.9. The lowest BCUT2D eigenvalue weighted by atomic mass is 9.88. The predicted molar refractivity (Wildman–Crippen MR) is 116 cm³/mol. The monoisotopic (exact) mass is 467 g/mol. The molecule has 0 spiro atoms. The lowest BCUT2D eigenvalue weighted by molar-refractivity contribution is -0.141. The normalized spacial score (nSPS) is 23.3. The Morgan fingerprint density at radius 2 is 1.72 bits per heavy atom. The van der Waals surface area contributed by atoms with Crippen molar-refractivity contribution in [3.63, 3.8) is 0 Å². The summed E-state index contributed by atoms with van der Waals surface area (Å²) >= 11 is 0. The zero-order chi connectivity index (χ0) is 22.7. The van der Waals surface area contributed by atoms with Crippen molar-refractivity contribution in [2.24, 2.45) is 5.92 Å². The molecule has 1 aliphatic carbocycles. The molecule has 4 rings (SSSR count). The maximum absolute atomic E-state index is 14.4. The van der Waals surface area contributed by atoms with Gasteiger partial charge in [-0.15, -0.1) is 0 Å². The van der Waals surface area contributed by atoms with Gasteiger partial charge in [0.1, 0.15) is 16.8 Å². The molecule has 0 radical (unpaired) electrons. The molecule has 1 N–H and O–H groups in total. The number of sulfonamides is 1. The molecule has 2 aliphatic heterocycles. The van der Waals surface area contributed by atoms with Gasteiger partial charge in [-0.1, -0.05) is 19.3 Å². The third-order valence-electron chi connectivity index (χ3n) is 6.58.